The molecule has 0 aromatic rings. The van der Waals surface area contributed by atoms with Crippen LogP contribution in [0.4, 0.5) is 0 Å². The van der Waals surface area contributed by atoms with Crippen LogP contribution in [0, 0.1) is 0 Å². The minimum Gasteiger partial charge on any atom is -0.394 e. The van der Waals surface area contributed by atoms with Crippen LogP contribution < -0.4 is 5.32 Å². The lowest BCUT2D eigenvalue weighted by Gasteiger charge is -2.48. The molecule has 3 aliphatic rings. The molecular formula is C70H127NO18. The van der Waals surface area contributed by atoms with E-state index in [1.807, 2.05) is 6.08 Å². The van der Waals surface area contributed by atoms with Crippen molar-refractivity contribution in [1.29, 1.82) is 0 Å². The lowest BCUT2D eigenvalue weighted by atomic mass is 9.96. The van der Waals surface area contributed by atoms with E-state index in [0.717, 1.165) is 89.9 Å². The summed E-state index contributed by atoms with van der Waals surface area (Å²) in [5, 5.41) is 121. The van der Waals surface area contributed by atoms with Crippen LogP contribution >= 0.6 is 0 Å². The molecule has 3 saturated heterocycles. The standard InChI is InChI=1S/C70H127NO18/c1-3-5-7-9-11-13-15-17-19-21-22-23-24-25-26-27-28-29-30-32-33-35-37-39-41-43-45-47-54(75)53(71-58(76)48-46-44-42-40-38-36-34-31-20-18-16-14-12-10-8-6-4-2)52-84-68-64(82)61(79)66(56(50-73)86-68)89-70-65(83)62(80)67(57(51-74)87-70)88-69-63(81)60(78)59(77)55(49-72)85-69/h6,8,12,14,18,20,45,47,53-57,59-70,72-75,77-83H,3-5,7,9-11,13,15-17,19,21-44,46,48-52H2,1-2H3,(H,71,76)/b8-6-,14-12-,20-18-,47-45+. The van der Waals surface area contributed by atoms with E-state index in [4.69, 9.17) is 28.4 Å². The second-order valence-corrected chi connectivity index (χ2v) is 25.3. The number of carbonyl (C=O) groups is 1. The number of aliphatic hydroxyl groups excluding tert-OH is 11. The van der Waals surface area contributed by atoms with Crippen molar-refractivity contribution in [3.63, 3.8) is 0 Å². The SMILES string of the molecule is CC/C=C\C/C=C\C/C=C\CCCCCCCCCC(=O)NC(COC1OC(CO)C(OC2OC(CO)C(OC3OC(CO)C(O)C(O)C3O)C(O)C2O)C(O)C1O)C(O)/C=C/CCCCCCCCCCCCCCCCCCCCCCCCCCC. The Balaban J connectivity index is 1.43. The van der Waals surface area contributed by atoms with E-state index < -0.39 is 124 Å². The Morgan fingerprint density at radius 3 is 1.21 bits per heavy atom. The summed E-state index contributed by atoms with van der Waals surface area (Å²) in [6.45, 7) is 1.63. The van der Waals surface area contributed by atoms with E-state index in [0.29, 0.717) is 6.42 Å². The van der Waals surface area contributed by atoms with Crippen LogP contribution in [0.3, 0.4) is 0 Å². The van der Waals surface area contributed by atoms with Gasteiger partial charge in [-0.3, -0.25) is 4.79 Å². The van der Waals surface area contributed by atoms with Gasteiger partial charge >= 0.3 is 0 Å². The number of amides is 1. The largest absolute Gasteiger partial charge is 0.394 e. The molecule has 3 fully saturated rings. The molecule has 17 atom stereocenters. The number of nitrogens with one attached hydrogen (secondary N) is 1. The predicted octanol–water partition coefficient (Wildman–Crippen LogP) is 9.39. The first kappa shape index (κ1) is 81.0. The van der Waals surface area contributed by atoms with Gasteiger partial charge in [-0.2, -0.15) is 0 Å². The minimum atomic E-state index is -1.98. The maximum Gasteiger partial charge on any atom is 0.220 e. The lowest BCUT2D eigenvalue weighted by Crippen LogP contribution is -2.66. The van der Waals surface area contributed by atoms with E-state index in [9.17, 15) is 61.0 Å². The number of allylic oxidation sites excluding steroid dienone is 7. The van der Waals surface area contributed by atoms with Gasteiger partial charge < -0.3 is 89.9 Å². The highest BCUT2D eigenvalue weighted by Crippen LogP contribution is 2.33. The maximum absolute atomic E-state index is 13.4. The van der Waals surface area contributed by atoms with Crippen molar-refractivity contribution in [3.05, 3.63) is 48.6 Å². The summed E-state index contributed by atoms with van der Waals surface area (Å²) in [4.78, 5) is 13.4. The van der Waals surface area contributed by atoms with Crippen LogP contribution in [0.25, 0.3) is 0 Å². The number of ether oxygens (including phenoxy) is 6. The third-order valence-corrected chi connectivity index (χ3v) is 17.6. The van der Waals surface area contributed by atoms with Crippen molar-refractivity contribution in [2.24, 2.45) is 0 Å². The molecule has 520 valence electrons. The molecule has 3 heterocycles. The predicted molar refractivity (Wildman–Crippen MR) is 346 cm³/mol. The zero-order valence-electron chi connectivity index (χ0n) is 54.9. The molecule has 19 nitrogen and oxygen atoms in total. The Morgan fingerprint density at radius 1 is 0.416 bits per heavy atom. The Bertz CT molecular complexity index is 1800. The van der Waals surface area contributed by atoms with E-state index in [-0.39, 0.29) is 18.9 Å². The third-order valence-electron chi connectivity index (χ3n) is 17.6. The first-order valence-corrected chi connectivity index (χ1v) is 35.4. The van der Waals surface area contributed by atoms with Crippen LogP contribution in [0.15, 0.2) is 48.6 Å². The molecule has 89 heavy (non-hydrogen) atoms. The quantitative estimate of drug-likeness (QED) is 0.0199. The van der Waals surface area contributed by atoms with Gasteiger partial charge in [-0.05, 0) is 51.4 Å². The van der Waals surface area contributed by atoms with E-state index >= 15 is 0 Å². The summed E-state index contributed by atoms with van der Waals surface area (Å²) < 4.78 is 34.3. The van der Waals surface area contributed by atoms with Crippen molar-refractivity contribution >= 4 is 5.91 Å². The van der Waals surface area contributed by atoms with Crippen molar-refractivity contribution in [2.75, 3.05) is 26.4 Å². The number of carbonyl (C=O) groups excluding carboxylic acids is 1. The fraction of sp³-hybridized carbons (Fsp3) is 0.871. The van der Waals surface area contributed by atoms with Gasteiger partial charge in [0.15, 0.2) is 18.9 Å². The van der Waals surface area contributed by atoms with Crippen molar-refractivity contribution < 1.29 is 89.4 Å². The molecule has 0 bridgehead atoms. The summed E-state index contributed by atoms with van der Waals surface area (Å²) in [6.07, 6.45) is 35.2. The minimum absolute atomic E-state index is 0.231. The fourth-order valence-corrected chi connectivity index (χ4v) is 11.9. The van der Waals surface area contributed by atoms with Crippen LogP contribution in [-0.2, 0) is 33.2 Å². The molecule has 3 aliphatic heterocycles. The van der Waals surface area contributed by atoms with E-state index in [1.54, 1.807) is 6.08 Å². The molecule has 19 heteroatoms. The molecule has 1 amide bonds. The number of hydrogen-bond donors (Lipinski definition) is 12. The Labute approximate surface area is 535 Å². The maximum atomic E-state index is 13.4. The van der Waals surface area contributed by atoms with Gasteiger partial charge in [0.1, 0.15) is 73.2 Å². The zero-order chi connectivity index (χ0) is 64.7. The molecule has 12 N–H and O–H groups in total. The van der Waals surface area contributed by atoms with Crippen LogP contribution in [0.5, 0.6) is 0 Å². The molecule has 0 aromatic heterocycles. The van der Waals surface area contributed by atoms with Crippen molar-refractivity contribution in [1.82, 2.24) is 5.32 Å². The van der Waals surface area contributed by atoms with E-state index in [2.05, 4.69) is 55.6 Å². The molecule has 17 unspecified atom stereocenters. The third kappa shape index (κ3) is 34.1. The fourth-order valence-electron chi connectivity index (χ4n) is 11.9. The van der Waals surface area contributed by atoms with E-state index in [1.165, 1.54) is 141 Å². The molecule has 0 aromatic carbocycles. The number of aliphatic hydroxyl groups is 11. The molecular weight excluding hydrogens is 1140 g/mol. The molecule has 0 spiro atoms. The normalized spacial score (nSPS) is 28.5. The first-order valence-electron chi connectivity index (χ1n) is 35.4. The Morgan fingerprint density at radius 2 is 0.775 bits per heavy atom. The molecule has 3 rings (SSSR count). The van der Waals surface area contributed by atoms with Crippen LogP contribution in [-0.4, -0.2) is 193 Å². The highest BCUT2D eigenvalue weighted by molar-refractivity contribution is 5.76. The number of hydrogen-bond acceptors (Lipinski definition) is 18. The van der Waals surface area contributed by atoms with Gasteiger partial charge in [0.2, 0.25) is 5.91 Å². The number of unbranched alkanes of at least 4 members (excludes halogenated alkanes) is 32. The Kier molecular flexibility index (Phi) is 47.4. The monoisotopic (exact) mass is 1270 g/mol. The first-order chi connectivity index (χ1) is 43.3. The van der Waals surface area contributed by atoms with Gasteiger partial charge in [0, 0.05) is 6.42 Å². The average molecular weight is 1270 g/mol. The van der Waals surface area contributed by atoms with Gasteiger partial charge in [-0.25, -0.2) is 0 Å². The Hall–Kier alpha value is -2.25. The molecule has 0 radical (unpaired) electrons. The smallest absolute Gasteiger partial charge is 0.220 e. The topological polar surface area (TPSA) is 307 Å². The van der Waals surface area contributed by atoms with Crippen molar-refractivity contribution in [2.45, 2.75) is 362 Å². The summed E-state index contributed by atoms with van der Waals surface area (Å²) in [6, 6.07) is -0.980. The van der Waals surface area contributed by atoms with Crippen LogP contribution in [0.1, 0.15) is 258 Å². The second kappa shape index (κ2) is 52.1. The summed E-state index contributed by atoms with van der Waals surface area (Å²) in [7, 11) is 0. The average Bonchev–Trinajstić information content (AvgIpc) is 2.22. The number of rotatable bonds is 54. The summed E-state index contributed by atoms with van der Waals surface area (Å²) >= 11 is 0. The zero-order valence-corrected chi connectivity index (χ0v) is 54.9. The highest BCUT2D eigenvalue weighted by Gasteiger charge is 2.53. The van der Waals surface area contributed by atoms with Crippen molar-refractivity contribution in [3.8, 4) is 0 Å². The van der Waals surface area contributed by atoms with Gasteiger partial charge in [0.05, 0.1) is 38.6 Å². The lowest BCUT2D eigenvalue weighted by molar-refractivity contribution is -0.379. The summed E-state index contributed by atoms with van der Waals surface area (Å²) in [5.41, 5.74) is 0. The molecule has 0 aliphatic carbocycles. The molecule has 0 saturated carbocycles. The van der Waals surface area contributed by atoms with Gasteiger partial charge in [-0.15, -0.1) is 0 Å². The summed E-state index contributed by atoms with van der Waals surface area (Å²) in [5.74, 6) is -0.285. The van der Waals surface area contributed by atoms with Gasteiger partial charge in [0.25, 0.3) is 0 Å². The highest BCUT2D eigenvalue weighted by atomic mass is 16.8. The van der Waals surface area contributed by atoms with Crippen LogP contribution in [0.2, 0.25) is 0 Å². The second-order valence-electron chi connectivity index (χ2n) is 25.3. The van der Waals surface area contributed by atoms with Gasteiger partial charge in [-0.1, -0.05) is 249 Å².